The molecule has 0 fully saturated rings. The van der Waals surface area contributed by atoms with Crippen molar-refractivity contribution in [1.29, 1.82) is 0 Å². The number of nitrogens with one attached hydrogen (secondary N) is 1. The van der Waals surface area contributed by atoms with Crippen molar-refractivity contribution in [3.63, 3.8) is 0 Å². The van der Waals surface area contributed by atoms with E-state index in [0.717, 1.165) is 29.4 Å². The Kier molecular flexibility index (Phi) is 6.59. The first-order valence-corrected chi connectivity index (χ1v) is 6.61. The molecule has 0 amide bonds. The molecule has 1 aromatic heterocycles. The SMILES string of the molecule is CCCNCc1cnc(CCOCC(F)(F)F)s1. The maximum atomic E-state index is 11.8. The number of ether oxygens (including phenoxy) is 1. The monoisotopic (exact) mass is 282 g/mol. The first-order chi connectivity index (χ1) is 8.51. The fraction of sp³-hybridized carbons (Fsp3) is 0.727. The zero-order chi connectivity index (χ0) is 13.4. The molecule has 0 saturated heterocycles. The van der Waals surface area contributed by atoms with Gasteiger partial charge in [-0.1, -0.05) is 6.92 Å². The highest BCUT2D eigenvalue weighted by molar-refractivity contribution is 7.11. The fourth-order valence-corrected chi connectivity index (χ4v) is 2.15. The molecule has 0 aromatic carbocycles. The third kappa shape index (κ3) is 6.93. The molecule has 0 atom stereocenters. The first-order valence-electron chi connectivity index (χ1n) is 5.80. The molecule has 7 heteroatoms. The quantitative estimate of drug-likeness (QED) is 0.744. The number of hydrogen-bond donors (Lipinski definition) is 1. The van der Waals surface area contributed by atoms with Crippen LogP contribution >= 0.6 is 11.3 Å². The van der Waals surface area contributed by atoms with Crippen LogP contribution in [0.25, 0.3) is 0 Å². The molecule has 0 spiro atoms. The van der Waals surface area contributed by atoms with E-state index in [2.05, 4.69) is 22.0 Å². The van der Waals surface area contributed by atoms with Crippen LogP contribution in [-0.2, 0) is 17.7 Å². The number of hydrogen-bond acceptors (Lipinski definition) is 4. The lowest BCUT2D eigenvalue weighted by Gasteiger charge is -2.06. The average molecular weight is 282 g/mol. The highest BCUT2D eigenvalue weighted by Crippen LogP contribution is 2.16. The average Bonchev–Trinajstić information content (AvgIpc) is 2.72. The molecule has 1 N–H and O–H groups in total. The Balaban J connectivity index is 2.19. The van der Waals surface area contributed by atoms with Gasteiger partial charge in [-0.3, -0.25) is 0 Å². The fourth-order valence-electron chi connectivity index (χ4n) is 1.28. The topological polar surface area (TPSA) is 34.2 Å². The minimum Gasteiger partial charge on any atom is -0.372 e. The second-order valence-electron chi connectivity index (χ2n) is 3.81. The van der Waals surface area contributed by atoms with Gasteiger partial charge >= 0.3 is 6.18 Å². The smallest absolute Gasteiger partial charge is 0.372 e. The second-order valence-corrected chi connectivity index (χ2v) is 5.01. The number of halogens is 3. The van der Waals surface area contributed by atoms with E-state index < -0.39 is 12.8 Å². The molecule has 0 aliphatic heterocycles. The van der Waals surface area contributed by atoms with E-state index in [1.807, 2.05) is 0 Å². The predicted octanol–water partition coefficient (Wildman–Crippen LogP) is 2.76. The number of aromatic nitrogens is 1. The summed E-state index contributed by atoms with van der Waals surface area (Å²) in [5, 5.41) is 4.05. The summed E-state index contributed by atoms with van der Waals surface area (Å²) in [4.78, 5) is 5.24. The van der Waals surface area contributed by atoms with Crippen LogP contribution in [0.15, 0.2) is 6.20 Å². The molecule has 0 aliphatic carbocycles. The van der Waals surface area contributed by atoms with Gasteiger partial charge in [0.25, 0.3) is 0 Å². The van der Waals surface area contributed by atoms with E-state index in [4.69, 9.17) is 0 Å². The highest BCUT2D eigenvalue weighted by Gasteiger charge is 2.27. The minimum atomic E-state index is -4.25. The number of rotatable bonds is 8. The van der Waals surface area contributed by atoms with E-state index in [1.54, 1.807) is 6.20 Å². The van der Waals surface area contributed by atoms with Crippen LogP contribution in [0.5, 0.6) is 0 Å². The highest BCUT2D eigenvalue weighted by atomic mass is 32.1. The van der Waals surface area contributed by atoms with Crippen LogP contribution in [0.3, 0.4) is 0 Å². The Morgan fingerprint density at radius 2 is 2.22 bits per heavy atom. The standard InChI is InChI=1S/C11H17F3N2OS/c1-2-4-15-6-9-7-16-10(18-9)3-5-17-8-11(12,13)14/h7,15H,2-6,8H2,1H3. The summed E-state index contributed by atoms with van der Waals surface area (Å²) in [5.41, 5.74) is 0. The minimum absolute atomic E-state index is 0.0504. The van der Waals surface area contributed by atoms with Gasteiger partial charge < -0.3 is 10.1 Å². The van der Waals surface area contributed by atoms with Gasteiger partial charge in [-0.25, -0.2) is 4.98 Å². The van der Waals surface area contributed by atoms with Crippen molar-refractivity contribution in [2.45, 2.75) is 32.5 Å². The summed E-state index contributed by atoms with van der Waals surface area (Å²) < 4.78 is 40.0. The van der Waals surface area contributed by atoms with Crippen LogP contribution in [0.2, 0.25) is 0 Å². The summed E-state index contributed by atoms with van der Waals surface area (Å²) in [7, 11) is 0. The van der Waals surface area contributed by atoms with E-state index in [0.29, 0.717) is 6.42 Å². The zero-order valence-corrected chi connectivity index (χ0v) is 11.0. The molecule has 0 saturated carbocycles. The lowest BCUT2D eigenvalue weighted by Crippen LogP contribution is -2.17. The Morgan fingerprint density at radius 1 is 1.44 bits per heavy atom. The van der Waals surface area contributed by atoms with Gasteiger partial charge in [0.2, 0.25) is 0 Å². The van der Waals surface area contributed by atoms with Crippen molar-refractivity contribution in [1.82, 2.24) is 10.3 Å². The van der Waals surface area contributed by atoms with Gasteiger partial charge in [-0.05, 0) is 13.0 Å². The zero-order valence-electron chi connectivity index (χ0n) is 10.2. The van der Waals surface area contributed by atoms with Crippen LogP contribution in [0.1, 0.15) is 23.2 Å². The van der Waals surface area contributed by atoms with E-state index in [-0.39, 0.29) is 6.61 Å². The molecule has 1 aromatic rings. The summed E-state index contributed by atoms with van der Waals surface area (Å²) in [6.45, 7) is 2.65. The summed E-state index contributed by atoms with van der Waals surface area (Å²) in [6.07, 6.45) is -1.00. The van der Waals surface area contributed by atoms with Crippen LogP contribution in [0, 0.1) is 0 Å². The van der Waals surface area contributed by atoms with Crippen molar-refractivity contribution in [2.75, 3.05) is 19.8 Å². The maximum Gasteiger partial charge on any atom is 0.411 e. The normalized spacial score (nSPS) is 12.0. The summed E-state index contributed by atoms with van der Waals surface area (Å²) in [5.74, 6) is 0. The third-order valence-corrected chi connectivity index (χ3v) is 3.11. The van der Waals surface area contributed by atoms with E-state index >= 15 is 0 Å². The Hall–Kier alpha value is -0.660. The molecule has 0 aliphatic rings. The maximum absolute atomic E-state index is 11.8. The summed E-state index contributed by atoms with van der Waals surface area (Å²) >= 11 is 1.51. The van der Waals surface area contributed by atoms with Crippen LogP contribution < -0.4 is 5.32 Å². The van der Waals surface area contributed by atoms with Crippen LogP contribution in [0.4, 0.5) is 13.2 Å². The van der Waals surface area contributed by atoms with Gasteiger partial charge in [-0.15, -0.1) is 11.3 Å². The molecule has 1 rings (SSSR count). The van der Waals surface area contributed by atoms with E-state index in [9.17, 15) is 13.2 Å². The lowest BCUT2D eigenvalue weighted by atomic mass is 10.4. The predicted molar refractivity (Wildman–Crippen MR) is 64.7 cm³/mol. The molecule has 0 unspecified atom stereocenters. The van der Waals surface area contributed by atoms with Gasteiger partial charge in [0.05, 0.1) is 11.6 Å². The molecule has 18 heavy (non-hydrogen) atoms. The van der Waals surface area contributed by atoms with Crippen molar-refractivity contribution in [2.24, 2.45) is 0 Å². The largest absolute Gasteiger partial charge is 0.411 e. The first kappa shape index (κ1) is 15.4. The molecule has 1 heterocycles. The Morgan fingerprint density at radius 3 is 2.89 bits per heavy atom. The summed E-state index contributed by atoms with van der Waals surface area (Å²) in [6, 6.07) is 0. The number of alkyl halides is 3. The molecule has 104 valence electrons. The van der Waals surface area contributed by atoms with Gasteiger partial charge in [-0.2, -0.15) is 13.2 Å². The number of nitrogens with zero attached hydrogens (tertiary/aromatic N) is 1. The Bertz CT molecular complexity index is 341. The molecule has 0 radical (unpaired) electrons. The van der Waals surface area contributed by atoms with Crippen molar-refractivity contribution in [3.8, 4) is 0 Å². The molecule has 3 nitrogen and oxygen atoms in total. The molecular formula is C11H17F3N2OS. The second kappa shape index (κ2) is 7.70. The van der Waals surface area contributed by atoms with Crippen molar-refractivity contribution >= 4 is 11.3 Å². The molecule has 0 bridgehead atoms. The third-order valence-electron chi connectivity index (χ3n) is 2.05. The van der Waals surface area contributed by atoms with Crippen molar-refractivity contribution < 1.29 is 17.9 Å². The van der Waals surface area contributed by atoms with Crippen LogP contribution in [-0.4, -0.2) is 30.9 Å². The Labute approximate surface area is 108 Å². The lowest BCUT2D eigenvalue weighted by molar-refractivity contribution is -0.173. The van der Waals surface area contributed by atoms with E-state index in [1.165, 1.54) is 11.3 Å². The van der Waals surface area contributed by atoms with Gasteiger partial charge in [0.1, 0.15) is 6.61 Å². The number of thiazole rings is 1. The van der Waals surface area contributed by atoms with Gasteiger partial charge in [0, 0.05) is 24.0 Å². The van der Waals surface area contributed by atoms with Crippen molar-refractivity contribution in [3.05, 3.63) is 16.1 Å². The molecular weight excluding hydrogens is 265 g/mol. The van der Waals surface area contributed by atoms with Gasteiger partial charge in [0.15, 0.2) is 0 Å².